The van der Waals surface area contributed by atoms with E-state index in [2.05, 4.69) is 32.4 Å². The molecule has 1 N–H and O–H groups in total. The van der Waals surface area contributed by atoms with Crippen LogP contribution in [0.3, 0.4) is 0 Å². The first-order chi connectivity index (χ1) is 13.0. The van der Waals surface area contributed by atoms with Gasteiger partial charge in [0.15, 0.2) is 0 Å². The lowest BCUT2D eigenvalue weighted by atomic mass is 10.1. The number of halogens is 1. The molecule has 2 aromatic carbocycles. The number of rotatable bonds is 4. The first-order valence-corrected chi connectivity index (χ1v) is 9.55. The molecule has 0 fully saturated rings. The van der Waals surface area contributed by atoms with E-state index in [0.717, 1.165) is 11.3 Å². The summed E-state index contributed by atoms with van der Waals surface area (Å²) in [5.41, 5.74) is 3.65. The van der Waals surface area contributed by atoms with Crippen LogP contribution in [0.5, 0.6) is 0 Å². The average molecular weight is 399 g/mol. The molecule has 7 nitrogen and oxygen atoms in total. The molecular formula is C18H15ClN6OS. The Morgan fingerprint density at radius 3 is 2.81 bits per heavy atom. The van der Waals surface area contributed by atoms with E-state index in [9.17, 15) is 4.79 Å². The van der Waals surface area contributed by atoms with Crippen molar-refractivity contribution in [1.82, 2.24) is 30.2 Å². The number of benzene rings is 2. The zero-order valence-electron chi connectivity index (χ0n) is 14.6. The summed E-state index contributed by atoms with van der Waals surface area (Å²) in [5, 5.41) is 13.5. The molecular weight excluding hydrogens is 384 g/mol. The van der Waals surface area contributed by atoms with Gasteiger partial charge >= 0.3 is 0 Å². The zero-order chi connectivity index (χ0) is 19.0. The van der Waals surface area contributed by atoms with Crippen molar-refractivity contribution < 1.29 is 0 Å². The third-order valence-corrected chi connectivity index (χ3v) is 5.40. The van der Waals surface area contributed by atoms with Crippen molar-refractivity contribution in [1.29, 1.82) is 0 Å². The highest BCUT2D eigenvalue weighted by molar-refractivity contribution is 7.98. The number of thioether (sulfide) groups is 1. The highest BCUT2D eigenvalue weighted by Gasteiger charge is 2.12. The van der Waals surface area contributed by atoms with Crippen molar-refractivity contribution in [2.75, 3.05) is 0 Å². The fraction of sp³-hybridized carbons (Fsp3) is 0.167. The van der Waals surface area contributed by atoms with E-state index in [0.29, 0.717) is 32.7 Å². The van der Waals surface area contributed by atoms with Gasteiger partial charge in [-0.3, -0.25) is 4.79 Å². The summed E-state index contributed by atoms with van der Waals surface area (Å²) in [6, 6.07) is 11.1. The molecule has 27 heavy (non-hydrogen) atoms. The Hall–Kier alpha value is -2.71. The molecule has 0 bridgehead atoms. The van der Waals surface area contributed by atoms with Gasteiger partial charge in [-0.25, -0.2) is 4.98 Å². The Bertz CT molecular complexity index is 1200. The van der Waals surface area contributed by atoms with E-state index in [-0.39, 0.29) is 5.56 Å². The fourth-order valence-corrected chi connectivity index (χ4v) is 3.58. The summed E-state index contributed by atoms with van der Waals surface area (Å²) >= 11 is 7.35. The molecule has 0 unspecified atom stereocenters. The average Bonchev–Trinajstić information content (AvgIpc) is 3.11. The second-order valence-electron chi connectivity index (χ2n) is 6.10. The fourth-order valence-electron chi connectivity index (χ4n) is 2.65. The standard InChI is InChI=1S/C18H15ClN6OS/c1-10-3-5-13(7-11(10)2)25-18(22-23-24-25)27-9-16-20-15-6-4-12(19)8-14(15)17(26)21-16/h3-8H,9H2,1-2H3,(H,20,21,26). The highest BCUT2D eigenvalue weighted by Crippen LogP contribution is 2.23. The lowest BCUT2D eigenvalue weighted by Crippen LogP contribution is -2.11. The molecule has 0 aliphatic carbocycles. The van der Waals surface area contributed by atoms with Crippen LogP contribution in [0.25, 0.3) is 16.6 Å². The number of hydrogen-bond donors (Lipinski definition) is 1. The van der Waals surface area contributed by atoms with Crippen molar-refractivity contribution in [3.63, 3.8) is 0 Å². The van der Waals surface area contributed by atoms with E-state index in [1.807, 2.05) is 25.1 Å². The molecule has 136 valence electrons. The molecule has 0 atom stereocenters. The van der Waals surface area contributed by atoms with Crippen LogP contribution in [0.2, 0.25) is 5.02 Å². The van der Waals surface area contributed by atoms with Gasteiger partial charge in [0.05, 0.1) is 22.3 Å². The molecule has 0 spiro atoms. The molecule has 0 radical (unpaired) electrons. The molecule has 0 saturated carbocycles. The molecule has 9 heteroatoms. The van der Waals surface area contributed by atoms with Gasteiger partial charge in [0.2, 0.25) is 5.16 Å². The lowest BCUT2D eigenvalue weighted by Gasteiger charge is -2.07. The molecule has 4 aromatic rings. The van der Waals surface area contributed by atoms with Crippen LogP contribution in [0.4, 0.5) is 0 Å². The molecule has 4 rings (SSSR count). The van der Waals surface area contributed by atoms with Crippen molar-refractivity contribution in [2.24, 2.45) is 0 Å². The molecule has 2 heterocycles. The summed E-state index contributed by atoms with van der Waals surface area (Å²) in [6.45, 7) is 4.11. The summed E-state index contributed by atoms with van der Waals surface area (Å²) in [6.07, 6.45) is 0. The van der Waals surface area contributed by atoms with Crippen LogP contribution >= 0.6 is 23.4 Å². The van der Waals surface area contributed by atoms with E-state index >= 15 is 0 Å². The van der Waals surface area contributed by atoms with E-state index in [1.165, 1.54) is 17.3 Å². The number of H-pyrrole nitrogens is 1. The number of hydrogen-bond acceptors (Lipinski definition) is 6. The van der Waals surface area contributed by atoms with E-state index in [1.54, 1.807) is 22.9 Å². The number of aromatic nitrogens is 6. The van der Waals surface area contributed by atoms with Crippen LogP contribution in [-0.2, 0) is 5.75 Å². The van der Waals surface area contributed by atoms with Crippen molar-refractivity contribution in [3.8, 4) is 5.69 Å². The largest absolute Gasteiger partial charge is 0.309 e. The highest BCUT2D eigenvalue weighted by atomic mass is 35.5. The maximum Gasteiger partial charge on any atom is 0.258 e. The Morgan fingerprint density at radius 1 is 1.15 bits per heavy atom. The predicted molar refractivity (Wildman–Crippen MR) is 106 cm³/mol. The second kappa shape index (κ2) is 7.13. The predicted octanol–water partition coefficient (Wildman–Crippen LogP) is 3.46. The Balaban J connectivity index is 1.61. The summed E-state index contributed by atoms with van der Waals surface area (Å²) in [4.78, 5) is 19.5. The third-order valence-electron chi connectivity index (χ3n) is 4.23. The molecule has 0 aliphatic heterocycles. The Morgan fingerprint density at radius 2 is 2.00 bits per heavy atom. The minimum Gasteiger partial charge on any atom is -0.309 e. The second-order valence-corrected chi connectivity index (χ2v) is 7.48. The number of fused-ring (bicyclic) bond motifs is 1. The summed E-state index contributed by atoms with van der Waals surface area (Å²) < 4.78 is 1.68. The number of aryl methyl sites for hydroxylation is 2. The van der Waals surface area contributed by atoms with Gasteiger partial charge in [0, 0.05) is 5.02 Å². The van der Waals surface area contributed by atoms with Crippen molar-refractivity contribution in [2.45, 2.75) is 24.8 Å². The van der Waals surface area contributed by atoms with Gasteiger partial charge in [-0.05, 0) is 65.7 Å². The zero-order valence-corrected chi connectivity index (χ0v) is 16.2. The van der Waals surface area contributed by atoms with Gasteiger partial charge in [-0.2, -0.15) is 4.68 Å². The smallest absolute Gasteiger partial charge is 0.258 e. The lowest BCUT2D eigenvalue weighted by molar-refractivity contribution is 0.755. The minimum absolute atomic E-state index is 0.216. The SMILES string of the molecule is Cc1ccc(-n2nnnc2SCc2nc3ccc(Cl)cc3c(=O)[nH]2)cc1C. The number of nitrogens with one attached hydrogen (secondary N) is 1. The van der Waals surface area contributed by atoms with Crippen LogP contribution in [0.1, 0.15) is 17.0 Å². The van der Waals surface area contributed by atoms with Gasteiger partial charge in [-0.1, -0.05) is 29.4 Å². The van der Waals surface area contributed by atoms with E-state index < -0.39 is 0 Å². The first kappa shape index (κ1) is 17.7. The first-order valence-electron chi connectivity index (χ1n) is 8.18. The van der Waals surface area contributed by atoms with Crippen molar-refractivity contribution in [3.05, 3.63) is 68.7 Å². The van der Waals surface area contributed by atoms with Crippen LogP contribution in [0.15, 0.2) is 46.3 Å². The van der Waals surface area contributed by atoms with Crippen LogP contribution < -0.4 is 5.56 Å². The van der Waals surface area contributed by atoms with Crippen LogP contribution in [-0.4, -0.2) is 30.2 Å². The number of nitrogens with zero attached hydrogens (tertiary/aromatic N) is 5. The minimum atomic E-state index is -0.216. The Labute approximate surface area is 163 Å². The topological polar surface area (TPSA) is 89.3 Å². The number of tetrazole rings is 1. The molecule has 0 saturated heterocycles. The van der Waals surface area contributed by atoms with Crippen molar-refractivity contribution >= 4 is 34.3 Å². The normalized spacial score (nSPS) is 11.2. The van der Waals surface area contributed by atoms with Gasteiger partial charge < -0.3 is 4.98 Å². The van der Waals surface area contributed by atoms with Gasteiger partial charge in [-0.15, -0.1) is 5.10 Å². The summed E-state index contributed by atoms with van der Waals surface area (Å²) in [7, 11) is 0. The van der Waals surface area contributed by atoms with Gasteiger partial charge in [0.25, 0.3) is 5.56 Å². The van der Waals surface area contributed by atoms with E-state index in [4.69, 9.17) is 11.6 Å². The Kier molecular flexibility index (Phi) is 4.67. The molecule has 0 aliphatic rings. The number of aromatic amines is 1. The van der Waals surface area contributed by atoms with Gasteiger partial charge in [0.1, 0.15) is 5.82 Å². The third kappa shape index (κ3) is 3.58. The summed E-state index contributed by atoms with van der Waals surface area (Å²) in [5.74, 6) is 0.980. The monoisotopic (exact) mass is 398 g/mol. The molecule has 2 aromatic heterocycles. The molecule has 0 amide bonds. The van der Waals surface area contributed by atoms with Crippen LogP contribution in [0, 0.1) is 13.8 Å². The maximum absolute atomic E-state index is 12.3. The maximum atomic E-state index is 12.3. The quantitative estimate of drug-likeness (QED) is 0.529.